The van der Waals surface area contributed by atoms with Gasteiger partial charge in [-0.25, -0.2) is 4.79 Å². The Hall–Kier alpha value is -2.16. The number of nitrogens with one attached hydrogen (secondary N) is 3. The minimum Gasteiger partial charge on any atom is -0.378 e. The highest BCUT2D eigenvalue weighted by Crippen LogP contribution is 2.08. The molecule has 1 heterocycles. The highest BCUT2D eigenvalue weighted by Gasteiger charge is 2.30. The molecule has 1 rings (SSSR count). The molecule has 4 amide bonds. The molecular weight excluding hydrogens is 352 g/mol. The zero-order chi connectivity index (χ0) is 20.4. The van der Waals surface area contributed by atoms with Gasteiger partial charge in [0.2, 0.25) is 11.7 Å². The van der Waals surface area contributed by atoms with E-state index in [1.807, 2.05) is 13.8 Å². The maximum atomic E-state index is 12.7. The summed E-state index contributed by atoms with van der Waals surface area (Å²) in [6.07, 6.45) is 0.710. The van der Waals surface area contributed by atoms with E-state index in [1.165, 1.54) is 0 Å². The third kappa shape index (κ3) is 7.54. The molecule has 1 unspecified atom stereocenters. The first-order valence-corrected chi connectivity index (χ1v) is 9.55. The van der Waals surface area contributed by atoms with Crippen LogP contribution >= 0.6 is 0 Å². The molecule has 0 saturated carbocycles. The molecule has 1 saturated heterocycles. The summed E-state index contributed by atoms with van der Waals surface area (Å²) < 4.78 is 5.23. The van der Waals surface area contributed by atoms with E-state index in [2.05, 4.69) is 16.0 Å². The molecule has 0 bridgehead atoms. The van der Waals surface area contributed by atoms with Crippen molar-refractivity contribution in [3.63, 3.8) is 0 Å². The molecule has 0 spiro atoms. The van der Waals surface area contributed by atoms with Crippen LogP contribution in [0, 0.1) is 5.92 Å². The summed E-state index contributed by atoms with van der Waals surface area (Å²) in [7, 11) is 0. The second-order valence-electron chi connectivity index (χ2n) is 6.92. The Morgan fingerprint density at radius 2 is 1.63 bits per heavy atom. The SMILES string of the molecule is CCNC(=O)C(=O)C(CC)NC(=O)[C@H](CC(C)C)NC(=O)N1CCOCC1. The van der Waals surface area contributed by atoms with Gasteiger partial charge in [0.25, 0.3) is 5.91 Å². The van der Waals surface area contributed by atoms with Crippen molar-refractivity contribution in [1.82, 2.24) is 20.9 Å². The van der Waals surface area contributed by atoms with Gasteiger partial charge in [-0.05, 0) is 25.7 Å². The topological polar surface area (TPSA) is 117 Å². The van der Waals surface area contributed by atoms with E-state index in [0.29, 0.717) is 39.3 Å². The molecule has 0 aromatic heterocycles. The lowest BCUT2D eigenvalue weighted by Gasteiger charge is -2.30. The predicted octanol–water partition coefficient (Wildman–Crippen LogP) is 0.0429. The van der Waals surface area contributed by atoms with Crippen LogP contribution in [0.1, 0.15) is 40.5 Å². The number of likely N-dealkylation sites (N-methyl/N-ethyl adjacent to an activating group) is 1. The minimum absolute atomic E-state index is 0.157. The van der Waals surface area contributed by atoms with E-state index in [9.17, 15) is 19.2 Å². The van der Waals surface area contributed by atoms with Gasteiger partial charge in [0.15, 0.2) is 0 Å². The molecule has 0 aliphatic carbocycles. The maximum absolute atomic E-state index is 12.7. The van der Waals surface area contributed by atoms with Gasteiger partial charge >= 0.3 is 6.03 Å². The first kappa shape index (κ1) is 22.9. The monoisotopic (exact) mass is 384 g/mol. The van der Waals surface area contributed by atoms with Gasteiger partial charge in [-0.1, -0.05) is 20.8 Å². The molecule has 154 valence electrons. The molecular formula is C18H32N4O5. The third-order valence-corrected chi connectivity index (χ3v) is 4.22. The maximum Gasteiger partial charge on any atom is 0.318 e. The Balaban J connectivity index is 2.76. The van der Waals surface area contributed by atoms with Gasteiger partial charge in [-0.15, -0.1) is 0 Å². The van der Waals surface area contributed by atoms with Crippen LogP contribution in [0.5, 0.6) is 0 Å². The quantitative estimate of drug-likeness (QED) is 0.486. The van der Waals surface area contributed by atoms with Crippen LogP contribution in [0.15, 0.2) is 0 Å². The summed E-state index contributed by atoms with van der Waals surface area (Å²) in [5.74, 6) is -1.71. The third-order valence-electron chi connectivity index (χ3n) is 4.22. The van der Waals surface area contributed by atoms with Crippen LogP contribution < -0.4 is 16.0 Å². The van der Waals surface area contributed by atoms with Gasteiger partial charge < -0.3 is 25.6 Å². The molecule has 9 heteroatoms. The molecule has 0 aromatic rings. The van der Waals surface area contributed by atoms with Gasteiger partial charge in [0.05, 0.1) is 19.3 Å². The Labute approximate surface area is 160 Å². The smallest absolute Gasteiger partial charge is 0.318 e. The van der Waals surface area contributed by atoms with Gasteiger partial charge in [0, 0.05) is 19.6 Å². The van der Waals surface area contributed by atoms with Crippen LogP contribution in [0.25, 0.3) is 0 Å². The van der Waals surface area contributed by atoms with Crippen LogP contribution in [0.2, 0.25) is 0 Å². The van der Waals surface area contributed by atoms with Crippen LogP contribution in [-0.2, 0) is 19.1 Å². The fourth-order valence-electron chi connectivity index (χ4n) is 2.74. The molecule has 0 radical (unpaired) electrons. The van der Waals surface area contributed by atoms with Crippen molar-refractivity contribution in [2.24, 2.45) is 5.92 Å². The number of carbonyl (C=O) groups is 4. The van der Waals surface area contributed by atoms with Crippen LogP contribution in [0.3, 0.4) is 0 Å². The van der Waals surface area contributed by atoms with Crippen molar-refractivity contribution in [1.29, 1.82) is 0 Å². The molecule has 2 atom stereocenters. The molecule has 0 aromatic carbocycles. The Kier molecular flexibility index (Phi) is 9.77. The van der Waals surface area contributed by atoms with E-state index < -0.39 is 29.7 Å². The number of nitrogens with zero attached hydrogens (tertiary/aromatic N) is 1. The van der Waals surface area contributed by atoms with Crippen molar-refractivity contribution in [3.8, 4) is 0 Å². The number of rotatable bonds is 9. The molecule has 9 nitrogen and oxygen atoms in total. The first-order chi connectivity index (χ1) is 12.8. The number of Topliss-reactive ketones (excluding diaryl/α,β-unsaturated/α-hetero) is 1. The van der Waals surface area contributed by atoms with Crippen LogP contribution in [-0.4, -0.2) is 73.5 Å². The Bertz CT molecular complexity index is 532. The van der Waals surface area contributed by atoms with Crippen LogP contribution in [0.4, 0.5) is 4.79 Å². The second kappa shape index (κ2) is 11.5. The Morgan fingerprint density at radius 1 is 1.00 bits per heavy atom. The lowest BCUT2D eigenvalue weighted by atomic mass is 10.0. The second-order valence-corrected chi connectivity index (χ2v) is 6.92. The summed E-state index contributed by atoms with van der Waals surface area (Å²) in [6.45, 7) is 9.51. The Morgan fingerprint density at radius 3 is 2.15 bits per heavy atom. The number of hydrogen-bond acceptors (Lipinski definition) is 5. The fraction of sp³-hybridized carbons (Fsp3) is 0.778. The van der Waals surface area contributed by atoms with E-state index in [0.717, 1.165) is 0 Å². The zero-order valence-corrected chi connectivity index (χ0v) is 16.7. The lowest BCUT2D eigenvalue weighted by molar-refractivity contribution is -0.140. The zero-order valence-electron chi connectivity index (χ0n) is 16.7. The lowest BCUT2D eigenvalue weighted by Crippen LogP contribution is -2.56. The van der Waals surface area contributed by atoms with E-state index >= 15 is 0 Å². The van der Waals surface area contributed by atoms with Crippen molar-refractivity contribution >= 4 is 23.6 Å². The number of ether oxygens (including phenoxy) is 1. The molecule has 3 N–H and O–H groups in total. The average Bonchev–Trinajstić information content (AvgIpc) is 2.65. The van der Waals surface area contributed by atoms with Crippen molar-refractivity contribution in [3.05, 3.63) is 0 Å². The summed E-state index contributed by atoms with van der Waals surface area (Å²) in [5, 5.41) is 7.80. The largest absolute Gasteiger partial charge is 0.378 e. The standard InChI is InChI=1S/C18H32N4O5/c1-5-13(15(23)17(25)19-6-2)20-16(24)14(11-12(3)4)21-18(26)22-7-9-27-10-8-22/h12-14H,5-11H2,1-4H3,(H,19,25)(H,20,24)(H,21,26)/t13?,14-/m0/s1. The van der Waals surface area contributed by atoms with Crippen molar-refractivity contribution in [2.75, 3.05) is 32.8 Å². The summed E-state index contributed by atoms with van der Waals surface area (Å²) in [6, 6.07) is -2.03. The first-order valence-electron chi connectivity index (χ1n) is 9.55. The van der Waals surface area contributed by atoms with E-state index in [-0.39, 0.29) is 18.4 Å². The molecule has 1 aliphatic rings. The highest BCUT2D eigenvalue weighted by molar-refractivity contribution is 6.38. The van der Waals surface area contributed by atoms with Gasteiger partial charge in [-0.3, -0.25) is 14.4 Å². The van der Waals surface area contributed by atoms with Gasteiger partial charge in [-0.2, -0.15) is 0 Å². The number of carbonyl (C=O) groups excluding carboxylic acids is 4. The number of hydrogen-bond donors (Lipinski definition) is 3. The number of urea groups is 1. The van der Waals surface area contributed by atoms with E-state index in [1.54, 1.807) is 18.7 Å². The number of morpholine rings is 1. The fourth-order valence-corrected chi connectivity index (χ4v) is 2.74. The minimum atomic E-state index is -0.918. The summed E-state index contributed by atoms with van der Waals surface area (Å²) in [5.41, 5.74) is 0. The molecule has 1 fully saturated rings. The normalized spacial score (nSPS) is 16.4. The number of ketones is 1. The van der Waals surface area contributed by atoms with Gasteiger partial charge in [0.1, 0.15) is 6.04 Å². The molecule has 1 aliphatic heterocycles. The van der Waals surface area contributed by atoms with E-state index in [4.69, 9.17) is 4.74 Å². The summed E-state index contributed by atoms with van der Waals surface area (Å²) in [4.78, 5) is 50.7. The molecule has 27 heavy (non-hydrogen) atoms. The summed E-state index contributed by atoms with van der Waals surface area (Å²) >= 11 is 0. The number of amides is 4. The van der Waals surface area contributed by atoms with Crippen molar-refractivity contribution < 1.29 is 23.9 Å². The van der Waals surface area contributed by atoms with Crippen molar-refractivity contribution in [2.45, 2.75) is 52.6 Å². The predicted molar refractivity (Wildman–Crippen MR) is 100 cm³/mol. The average molecular weight is 384 g/mol. The highest BCUT2D eigenvalue weighted by atomic mass is 16.5.